The molecule has 0 saturated carbocycles. The van der Waals surface area contributed by atoms with Gasteiger partial charge in [0.05, 0.1) is 11.9 Å². The molecule has 0 fully saturated rings. The van der Waals surface area contributed by atoms with Gasteiger partial charge in [-0.1, -0.05) is 18.2 Å². The van der Waals surface area contributed by atoms with Gasteiger partial charge in [-0.2, -0.15) is 5.10 Å². The number of nitrogens with zero attached hydrogens (tertiary/aromatic N) is 2. The molecule has 0 aliphatic heterocycles. The maximum Gasteiger partial charge on any atom is 0.125 e. The minimum absolute atomic E-state index is 0.0376. The van der Waals surface area contributed by atoms with Crippen LogP contribution in [-0.2, 0) is 6.54 Å². The Morgan fingerprint density at radius 3 is 2.50 bits per heavy atom. The number of halogens is 2. The minimum atomic E-state index is -0.291. The quantitative estimate of drug-likeness (QED) is 0.757. The molecule has 0 unspecified atom stereocenters. The third-order valence-corrected chi connectivity index (χ3v) is 4.07. The first-order chi connectivity index (χ1) is 11.5. The lowest BCUT2D eigenvalue weighted by Crippen LogP contribution is -2.18. The highest BCUT2D eigenvalue weighted by atomic mass is 19.1. The Hall–Kier alpha value is -2.53. The topological polar surface area (TPSA) is 29.9 Å². The van der Waals surface area contributed by atoms with Crippen molar-refractivity contribution in [3.05, 3.63) is 83.2 Å². The lowest BCUT2D eigenvalue weighted by atomic mass is 10.1. The summed E-state index contributed by atoms with van der Waals surface area (Å²) < 4.78 is 28.4. The van der Waals surface area contributed by atoms with Crippen LogP contribution in [0.3, 0.4) is 0 Å². The highest BCUT2D eigenvalue weighted by Gasteiger charge is 2.14. The van der Waals surface area contributed by atoms with Crippen LogP contribution >= 0.6 is 0 Å². The smallest absolute Gasteiger partial charge is 0.125 e. The lowest BCUT2D eigenvalue weighted by molar-refractivity contribution is 0.566. The predicted molar refractivity (Wildman–Crippen MR) is 89.9 cm³/mol. The Morgan fingerprint density at radius 1 is 1.08 bits per heavy atom. The van der Waals surface area contributed by atoms with Crippen LogP contribution in [0.1, 0.15) is 29.8 Å². The number of benzene rings is 2. The van der Waals surface area contributed by atoms with Crippen molar-refractivity contribution in [3.8, 4) is 5.69 Å². The number of hydrogen-bond donors (Lipinski definition) is 1. The van der Waals surface area contributed by atoms with Crippen molar-refractivity contribution in [2.45, 2.75) is 26.4 Å². The van der Waals surface area contributed by atoms with Crippen LogP contribution in [-0.4, -0.2) is 9.78 Å². The van der Waals surface area contributed by atoms with Crippen LogP contribution in [0.5, 0.6) is 0 Å². The molecule has 0 aliphatic rings. The minimum Gasteiger partial charge on any atom is -0.306 e. The summed E-state index contributed by atoms with van der Waals surface area (Å²) in [7, 11) is 0. The second-order valence-electron chi connectivity index (χ2n) is 5.81. The molecule has 2 aromatic carbocycles. The van der Waals surface area contributed by atoms with Crippen LogP contribution < -0.4 is 5.32 Å². The number of aromatic nitrogens is 2. The van der Waals surface area contributed by atoms with Crippen molar-refractivity contribution in [2.24, 2.45) is 0 Å². The summed E-state index contributed by atoms with van der Waals surface area (Å²) in [6, 6.07) is 12.9. The van der Waals surface area contributed by atoms with Crippen molar-refractivity contribution < 1.29 is 8.78 Å². The van der Waals surface area contributed by atoms with Crippen molar-refractivity contribution in [1.82, 2.24) is 15.1 Å². The monoisotopic (exact) mass is 327 g/mol. The van der Waals surface area contributed by atoms with E-state index in [9.17, 15) is 8.78 Å². The van der Waals surface area contributed by atoms with E-state index >= 15 is 0 Å². The van der Waals surface area contributed by atoms with Gasteiger partial charge >= 0.3 is 0 Å². The Bertz CT molecular complexity index is 842. The molecule has 1 N–H and O–H groups in total. The SMILES string of the molecule is Cc1c([C@H](C)NCc2cccc(F)c2)cnn1-c1cccc(F)c1. The summed E-state index contributed by atoms with van der Waals surface area (Å²) >= 11 is 0. The van der Waals surface area contributed by atoms with Gasteiger partial charge in [0.25, 0.3) is 0 Å². The molecule has 124 valence electrons. The third-order valence-electron chi connectivity index (χ3n) is 4.07. The number of nitrogens with one attached hydrogen (secondary N) is 1. The molecule has 3 rings (SSSR count). The maximum absolute atomic E-state index is 13.4. The summed E-state index contributed by atoms with van der Waals surface area (Å²) in [4.78, 5) is 0. The van der Waals surface area contributed by atoms with Crippen LogP contribution in [0.2, 0.25) is 0 Å². The van der Waals surface area contributed by atoms with E-state index in [-0.39, 0.29) is 17.7 Å². The summed E-state index contributed by atoms with van der Waals surface area (Å²) in [6.07, 6.45) is 1.78. The Labute approximate surface area is 139 Å². The molecule has 1 aromatic heterocycles. The summed E-state index contributed by atoms with van der Waals surface area (Å²) in [5, 5.41) is 7.73. The van der Waals surface area contributed by atoms with Gasteiger partial charge < -0.3 is 5.32 Å². The zero-order valence-corrected chi connectivity index (χ0v) is 13.6. The van der Waals surface area contributed by atoms with Crippen molar-refractivity contribution >= 4 is 0 Å². The van der Waals surface area contributed by atoms with E-state index in [0.29, 0.717) is 12.2 Å². The van der Waals surface area contributed by atoms with E-state index < -0.39 is 0 Å². The van der Waals surface area contributed by atoms with Crippen LogP contribution in [0, 0.1) is 18.6 Å². The van der Waals surface area contributed by atoms with E-state index in [1.54, 1.807) is 23.0 Å². The fourth-order valence-electron chi connectivity index (χ4n) is 2.74. The maximum atomic E-state index is 13.4. The Kier molecular flexibility index (Phi) is 4.71. The van der Waals surface area contributed by atoms with E-state index in [4.69, 9.17) is 0 Å². The van der Waals surface area contributed by atoms with Gasteiger partial charge in [-0.05, 0) is 49.7 Å². The second kappa shape index (κ2) is 6.93. The average Bonchev–Trinajstić information content (AvgIpc) is 2.94. The predicted octanol–water partition coefficient (Wildman–Crippen LogP) is 4.31. The molecule has 24 heavy (non-hydrogen) atoms. The average molecular weight is 327 g/mol. The molecule has 0 aliphatic carbocycles. The Balaban J connectivity index is 1.75. The zero-order valence-electron chi connectivity index (χ0n) is 13.6. The van der Waals surface area contributed by atoms with Gasteiger partial charge in [-0.3, -0.25) is 0 Å². The van der Waals surface area contributed by atoms with E-state index in [1.165, 1.54) is 24.3 Å². The molecule has 1 atom stereocenters. The van der Waals surface area contributed by atoms with E-state index in [0.717, 1.165) is 16.8 Å². The number of hydrogen-bond acceptors (Lipinski definition) is 2. The number of rotatable bonds is 5. The van der Waals surface area contributed by atoms with Gasteiger partial charge in [0.2, 0.25) is 0 Å². The largest absolute Gasteiger partial charge is 0.306 e. The molecular formula is C19H19F2N3. The van der Waals surface area contributed by atoms with Gasteiger partial charge in [0, 0.05) is 23.8 Å². The van der Waals surface area contributed by atoms with Gasteiger partial charge in [-0.15, -0.1) is 0 Å². The zero-order chi connectivity index (χ0) is 17.1. The molecule has 5 heteroatoms. The summed E-state index contributed by atoms with van der Waals surface area (Å²) in [5.74, 6) is -0.529. The Morgan fingerprint density at radius 2 is 1.79 bits per heavy atom. The molecule has 0 amide bonds. The van der Waals surface area contributed by atoms with Crippen molar-refractivity contribution in [1.29, 1.82) is 0 Å². The molecule has 3 aromatic rings. The fraction of sp³-hybridized carbons (Fsp3) is 0.211. The summed E-state index contributed by atoms with van der Waals surface area (Å²) in [6.45, 7) is 4.54. The van der Waals surface area contributed by atoms with Crippen LogP contribution in [0.4, 0.5) is 8.78 Å². The molecule has 0 bridgehead atoms. The normalized spacial score (nSPS) is 12.3. The second-order valence-corrected chi connectivity index (χ2v) is 5.81. The molecule has 0 saturated heterocycles. The van der Waals surface area contributed by atoms with E-state index in [2.05, 4.69) is 10.4 Å². The standard InChI is InChI=1S/C19H19F2N3/c1-13(22-11-15-5-3-6-16(20)9-15)19-12-23-24(14(19)2)18-8-4-7-17(21)10-18/h3-10,12-13,22H,11H2,1-2H3/t13-/m0/s1. The molecule has 0 spiro atoms. The molecular weight excluding hydrogens is 308 g/mol. The molecule has 1 heterocycles. The van der Waals surface area contributed by atoms with E-state index in [1.807, 2.05) is 26.0 Å². The van der Waals surface area contributed by atoms with Crippen molar-refractivity contribution in [3.63, 3.8) is 0 Å². The third kappa shape index (κ3) is 3.51. The first kappa shape index (κ1) is 16.3. The highest BCUT2D eigenvalue weighted by Crippen LogP contribution is 2.21. The van der Waals surface area contributed by atoms with Gasteiger partial charge in [-0.25, -0.2) is 13.5 Å². The molecule has 0 radical (unpaired) electrons. The van der Waals surface area contributed by atoms with Crippen molar-refractivity contribution in [2.75, 3.05) is 0 Å². The first-order valence-electron chi connectivity index (χ1n) is 7.83. The fourth-order valence-corrected chi connectivity index (χ4v) is 2.74. The van der Waals surface area contributed by atoms with Gasteiger partial charge in [0.1, 0.15) is 11.6 Å². The van der Waals surface area contributed by atoms with Crippen LogP contribution in [0.25, 0.3) is 5.69 Å². The summed E-state index contributed by atoms with van der Waals surface area (Å²) in [5.41, 5.74) is 3.55. The van der Waals surface area contributed by atoms with Gasteiger partial charge in [0.15, 0.2) is 0 Å². The molecule has 3 nitrogen and oxygen atoms in total. The first-order valence-corrected chi connectivity index (χ1v) is 7.83. The lowest BCUT2D eigenvalue weighted by Gasteiger charge is -2.14. The highest BCUT2D eigenvalue weighted by molar-refractivity contribution is 5.35. The van der Waals surface area contributed by atoms with Crippen LogP contribution in [0.15, 0.2) is 54.7 Å².